The molecule has 0 fully saturated rings. The zero-order valence-electron chi connectivity index (χ0n) is 15.2. The lowest BCUT2D eigenvalue weighted by Crippen LogP contribution is -2.40. The number of carbonyl (C=O) groups excluding carboxylic acids is 1. The fraction of sp³-hybridized carbons (Fsp3) is 0.588. The predicted octanol–water partition coefficient (Wildman–Crippen LogP) is 1.03. The number of amides is 1. The van der Waals surface area contributed by atoms with Gasteiger partial charge in [-0.3, -0.25) is 9.48 Å². The van der Waals surface area contributed by atoms with Gasteiger partial charge in [0.15, 0.2) is 0 Å². The molecule has 8 nitrogen and oxygen atoms in total. The molecule has 0 aliphatic carbocycles. The second kappa shape index (κ2) is 7.37. The fourth-order valence-corrected chi connectivity index (χ4v) is 3.15. The molecule has 1 atom stereocenters. The minimum atomic E-state index is -0.0409. The molecule has 0 saturated carbocycles. The Hall–Kier alpha value is -2.19. The zero-order chi connectivity index (χ0) is 18.0. The van der Waals surface area contributed by atoms with Gasteiger partial charge < -0.3 is 19.0 Å². The summed E-state index contributed by atoms with van der Waals surface area (Å²) in [6, 6.07) is 1.71. The Labute approximate surface area is 147 Å². The molecule has 1 aliphatic heterocycles. The van der Waals surface area contributed by atoms with Crippen LogP contribution in [0.15, 0.2) is 16.7 Å². The highest BCUT2D eigenvalue weighted by atomic mass is 16.5. The monoisotopic (exact) mass is 347 g/mol. The van der Waals surface area contributed by atoms with Gasteiger partial charge in [0.25, 0.3) is 5.91 Å². The predicted molar refractivity (Wildman–Crippen MR) is 91.3 cm³/mol. The van der Waals surface area contributed by atoms with Crippen molar-refractivity contribution >= 4 is 5.91 Å². The third-order valence-electron chi connectivity index (χ3n) is 4.49. The SMILES string of the molecule is Cc1occc1C(=O)N1Cc2nnn(C)c2[C@H](COCCN(C)C)C1. The summed E-state index contributed by atoms with van der Waals surface area (Å²) in [5.74, 6) is 0.650. The van der Waals surface area contributed by atoms with Crippen molar-refractivity contribution in [3.63, 3.8) is 0 Å². The summed E-state index contributed by atoms with van der Waals surface area (Å²) in [6.45, 7) is 4.89. The maximum Gasteiger partial charge on any atom is 0.257 e. The summed E-state index contributed by atoms with van der Waals surface area (Å²) in [7, 11) is 5.91. The molecule has 2 aromatic heterocycles. The maximum absolute atomic E-state index is 12.8. The zero-order valence-corrected chi connectivity index (χ0v) is 15.2. The number of hydrogen-bond donors (Lipinski definition) is 0. The van der Waals surface area contributed by atoms with E-state index in [0.717, 1.165) is 17.9 Å². The van der Waals surface area contributed by atoms with Crippen LogP contribution in [0, 0.1) is 6.92 Å². The molecule has 8 heteroatoms. The Bertz CT molecular complexity index is 736. The number of rotatable bonds is 6. The Morgan fingerprint density at radius 1 is 1.48 bits per heavy atom. The number of likely N-dealkylation sites (N-methyl/N-ethyl adjacent to an activating group) is 1. The molecule has 1 aliphatic rings. The van der Waals surface area contributed by atoms with E-state index in [1.807, 2.05) is 21.1 Å². The van der Waals surface area contributed by atoms with Gasteiger partial charge >= 0.3 is 0 Å². The van der Waals surface area contributed by atoms with E-state index >= 15 is 0 Å². The van der Waals surface area contributed by atoms with Crippen LogP contribution in [0.4, 0.5) is 0 Å². The third kappa shape index (κ3) is 3.74. The highest BCUT2D eigenvalue weighted by Gasteiger charge is 2.33. The van der Waals surface area contributed by atoms with Crippen molar-refractivity contribution in [2.24, 2.45) is 7.05 Å². The molecule has 0 saturated heterocycles. The molecule has 25 heavy (non-hydrogen) atoms. The first-order chi connectivity index (χ1) is 12.0. The summed E-state index contributed by atoms with van der Waals surface area (Å²) in [4.78, 5) is 16.7. The molecule has 1 amide bonds. The lowest BCUT2D eigenvalue weighted by Gasteiger charge is -2.32. The van der Waals surface area contributed by atoms with Crippen LogP contribution < -0.4 is 0 Å². The number of fused-ring (bicyclic) bond motifs is 1. The molecule has 136 valence electrons. The number of ether oxygens (including phenoxy) is 1. The first-order valence-corrected chi connectivity index (χ1v) is 8.41. The lowest BCUT2D eigenvalue weighted by atomic mass is 9.98. The summed E-state index contributed by atoms with van der Waals surface area (Å²) in [5, 5.41) is 8.36. The fourth-order valence-electron chi connectivity index (χ4n) is 3.15. The van der Waals surface area contributed by atoms with Crippen LogP contribution >= 0.6 is 0 Å². The molecular weight excluding hydrogens is 322 g/mol. The number of nitrogens with zero attached hydrogens (tertiary/aromatic N) is 5. The second-order valence-corrected chi connectivity index (χ2v) is 6.70. The van der Waals surface area contributed by atoms with Gasteiger partial charge in [-0.25, -0.2) is 0 Å². The number of hydrogen-bond acceptors (Lipinski definition) is 6. The second-order valence-electron chi connectivity index (χ2n) is 6.70. The summed E-state index contributed by atoms with van der Waals surface area (Å²) < 4.78 is 12.9. The summed E-state index contributed by atoms with van der Waals surface area (Å²) in [5.41, 5.74) is 2.49. The van der Waals surface area contributed by atoms with Crippen LogP contribution in [-0.4, -0.2) is 71.1 Å². The normalized spacial score (nSPS) is 17.2. The van der Waals surface area contributed by atoms with Gasteiger partial charge in [-0.15, -0.1) is 5.10 Å². The number of carbonyl (C=O) groups is 1. The van der Waals surface area contributed by atoms with Crippen molar-refractivity contribution in [3.8, 4) is 0 Å². The van der Waals surface area contributed by atoms with Crippen LogP contribution in [0.3, 0.4) is 0 Å². The molecule has 0 radical (unpaired) electrons. The maximum atomic E-state index is 12.8. The van der Waals surface area contributed by atoms with Crippen LogP contribution in [-0.2, 0) is 18.3 Å². The number of furan rings is 1. The van der Waals surface area contributed by atoms with Crippen molar-refractivity contribution in [1.29, 1.82) is 0 Å². The largest absolute Gasteiger partial charge is 0.469 e. The Kier molecular flexibility index (Phi) is 5.19. The van der Waals surface area contributed by atoms with E-state index in [0.29, 0.717) is 37.6 Å². The number of aromatic nitrogens is 3. The molecule has 0 aromatic carbocycles. The van der Waals surface area contributed by atoms with Gasteiger partial charge in [-0.1, -0.05) is 5.21 Å². The van der Waals surface area contributed by atoms with E-state index in [9.17, 15) is 4.79 Å². The molecule has 2 aromatic rings. The smallest absolute Gasteiger partial charge is 0.257 e. The van der Waals surface area contributed by atoms with Crippen LogP contribution in [0.1, 0.15) is 33.4 Å². The topological polar surface area (TPSA) is 76.6 Å². The minimum absolute atomic E-state index is 0.0409. The summed E-state index contributed by atoms with van der Waals surface area (Å²) >= 11 is 0. The highest BCUT2D eigenvalue weighted by Crippen LogP contribution is 2.28. The van der Waals surface area contributed by atoms with Gasteiger partial charge in [-0.2, -0.15) is 0 Å². The van der Waals surface area contributed by atoms with Gasteiger partial charge in [0.05, 0.1) is 37.3 Å². The van der Waals surface area contributed by atoms with E-state index in [4.69, 9.17) is 9.15 Å². The van der Waals surface area contributed by atoms with Gasteiger partial charge in [-0.05, 0) is 27.1 Å². The lowest BCUT2D eigenvalue weighted by molar-refractivity contribution is 0.0612. The molecule has 3 heterocycles. The van der Waals surface area contributed by atoms with E-state index in [1.54, 1.807) is 28.8 Å². The van der Waals surface area contributed by atoms with Crippen molar-refractivity contribution in [1.82, 2.24) is 24.8 Å². The van der Waals surface area contributed by atoms with Crippen molar-refractivity contribution < 1.29 is 13.9 Å². The minimum Gasteiger partial charge on any atom is -0.469 e. The third-order valence-corrected chi connectivity index (χ3v) is 4.49. The average molecular weight is 347 g/mol. The quantitative estimate of drug-likeness (QED) is 0.727. The molecule has 0 N–H and O–H groups in total. The Balaban J connectivity index is 1.74. The molecule has 0 unspecified atom stereocenters. The van der Waals surface area contributed by atoms with Crippen molar-refractivity contribution in [2.45, 2.75) is 19.4 Å². The first kappa shape index (κ1) is 17.6. The molecular formula is C17H25N5O3. The van der Waals surface area contributed by atoms with Crippen molar-refractivity contribution in [3.05, 3.63) is 35.0 Å². The summed E-state index contributed by atoms with van der Waals surface area (Å²) in [6.07, 6.45) is 1.54. The highest BCUT2D eigenvalue weighted by molar-refractivity contribution is 5.95. The molecule has 0 spiro atoms. The van der Waals surface area contributed by atoms with Crippen LogP contribution in [0.25, 0.3) is 0 Å². The van der Waals surface area contributed by atoms with Gasteiger partial charge in [0, 0.05) is 26.1 Å². The van der Waals surface area contributed by atoms with E-state index in [-0.39, 0.29) is 11.8 Å². The van der Waals surface area contributed by atoms with E-state index < -0.39 is 0 Å². The van der Waals surface area contributed by atoms with Gasteiger partial charge in [0.1, 0.15) is 11.5 Å². The Morgan fingerprint density at radius 3 is 2.96 bits per heavy atom. The van der Waals surface area contributed by atoms with Crippen molar-refractivity contribution in [2.75, 3.05) is 40.4 Å². The number of aryl methyl sites for hydroxylation is 2. The van der Waals surface area contributed by atoms with E-state index in [1.165, 1.54) is 0 Å². The Morgan fingerprint density at radius 2 is 2.28 bits per heavy atom. The molecule has 3 rings (SSSR count). The first-order valence-electron chi connectivity index (χ1n) is 8.41. The van der Waals surface area contributed by atoms with Crippen LogP contribution in [0.5, 0.6) is 0 Å². The van der Waals surface area contributed by atoms with Gasteiger partial charge in [0.2, 0.25) is 0 Å². The van der Waals surface area contributed by atoms with E-state index in [2.05, 4.69) is 15.2 Å². The van der Waals surface area contributed by atoms with Crippen LogP contribution in [0.2, 0.25) is 0 Å². The molecule has 0 bridgehead atoms. The average Bonchev–Trinajstić information content (AvgIpc) is 3.16. The standard InChI is InChI=1S/C17H25N5O3/c1-12-14(5-7-25-12)17(23)22-9-13(11-24-8-6-20(2)3)16-15(10-22)18-19-21(16)4/h5,7,13H,6,8-11H2,1-4H3/t13-/m0/s1.